The Morgan fingerprint density at radius 1 is 1.21 bits per heavy atom. The molecule has 0 N–H and O–H groups in total. The molecule has 0 radical (unpaired) electrons. The summed E-state index contributed by atoms with van der Waals surface area (Å²) >= 11 is 3.07. The molecule has 1 aromatic rings. The number of rotatable bonds is 8. The van der Waals surface area contributed by atoms with Crippen molar-refractivity contribution in [2.24, 2.45) is 0 Å². The third-order valence-electron chi connectivity index (χ3n) is 2.44. The second-order valence-electron chi connectivity index (χ2n) is 4.08. The van der Waals surface area contributed by atoms with Gasteiger partial charge in [0.25, 0.3) is 0 Å². The standard InChI is InChI=1S/C12H15BrClFO3S/c13-11-6-5-10(9-12(11)15)18-7-3-1-2-4-8-19(14,16)17/h5-6,9H,1-4,7-8H2. The maximum Gasteiger partial charge on any atom is 0.232 e. The van der Waals surface area contributed by atoms with Crippen LogP contribution in [0, 0.1) is 5.82 Å². The molecule has 7 heteroatoms. The van der Waals surface area contributed by atoms with Crippen LogP contribution in [0.4, 0.5) is 4.39 Å². The van der Waals surface area contributed by atoms with Crippen molar-refractivity contribution in [3.63, 3.8) is 0 Å². The Labute approximate surface area is 125 Å². The van der Waals surface area contributed by atoms with Crippen LogP contribution in [-0.4, -0.2) is 20.8 Å². The smallest absolute Gasteiger partial charge is 0.232 e. The number of halogens is 3. The van der Waals surface area contributed by atoms with Crippen molar-refractivity contribution in [1.29, 1.82) is 0 Å². The van der Waals surface area contributed by atoms with E-state index < -0.39 is 9.05 Å². The van der Waals surface area contributed by atoms with Crippen LogP contribution in [0.15, 0.2) is 22.7 Å². The molecule has 0 spiro atoms. The Hall–Kier alpha value is -0.330. The Bertz CT molecular complexity index is 508. The van der Waals surface area contributed by atoms with Gasteiger partial charge in [0, 0.05) is 16.7 Å². The molecule has 0 aromatic heterocycles. The lowest BCUT2D eigenvalue weighted by atomic mass is 10.2. The van der Waals surface area contributed by atoms with Gasteiger partial charge in [-0.3, -0.25) is 0 Å². The summed E-state index contributed by atoms with van der Waals surface area (Å²) in [4.78, 5) is 0. The van der Waals surface area contributed by atoms with E-state index in [1.54, 1.807) is 12.1 Å². The topological polar surface area (TPSA) is 43.4 Å². The molecule has 0 saturated carbocycles. The highest BCUT2D eigenvalue weighted by Crippen LogP contribution is 2.21. The molecule has 0 amide bonds. The molecule has 108 valence electrons. The third kappa shape index (κ3) is 7.74. The molecular weight excluding hydrogens is 359 g/mol. The molecular formula is C12H15BrClFO3S. The zero-order valence-electron chi connectivity index (χ0n) is 10.2. The number of unbranched alkanes of at least 4 members (excludes halogenated alkanes) is 3. The summed E-state index contributed by atoms with van der Waals surface area (Å²) in [7, 11) is 1.72. The molecule has 0 fully saturated rings. The van der Waals surface area contributed by atoms with Crippen LogP contribution < -0.4 is 4.74 Å². The Morgan fingerprint density at radius 2 is 1.89 bits per heavy atom. The summed E-state index contributed by atoms with van der Waals surface area (Å²) in [5.41, 5.74) is 0. The van der Waals surface area contributed by atoms with Crippen LogP contribution in [0.2, 0.25) is 0 Å². The normalized spacial score (nSPS) is 11.5. The van der Waals surface area contributed by atoms with Gasteiger partial charge in [-0.1, -0.05) is 12.8 Å². The highest BCUT2D eigenvalue weighted by atomic mass is 79.9. The van der Waals surface area contributed by atoms with Gasteiger partial charge in [0.15, 0.2) is 0 Å². The monoisotopic (exact) mass is 372 g/mol. The minimum Gasteiger partial charge on any atom is -0.493 e. The fraction of sp³-hybridized carbons (Fsp3) is 0.500. The second-order valence-corrected chi connectivity index (χ2v) is 7.83. The SMILES string of the molecule is O=S(=O)(Cl)CCCCCCOc1ccc(Br)c(F)c1. The van der Waals surface area contributed by atoms with E-state index in [-0.39, 0.29) is 11.6 Å². The van der Waals surface area contributed by atoms with E-state index in [0.29, 0.717) is 23.2 Å². The van der Waals surface area contributed by atoms with Gasteiger partial charge in [0.2, 0.25) is 9.05 Å². The van der Waals surface area contributed by atoms with Crippen molar-refractivity contribution in [3.05, 3.63) is 28.5 Å². The number of benzene rings is 1. The highest BCUT2D eigenvalue weighted by Gasteiger charge is 2.04. The van der Waals surface area contributed by atoms with E-state index in [1.807, 2.05) is 0 Å². The molecule has 19 heavy (non-hydrogen) atoms. The third-order valence-corrected chi connectivity index (χ3v) is 4.32. The van der Waals surface area contributed by atoms with Crippen molar-refractivity contribution < 1.29 is 17.5 Å². The first-order chi connectivity index (χ1) is 8.88. The fourth-order valence-corrected chi connectivity index (χ4v) is 2.61. The van der Waals surface area contributed by atoms with Crippen molar-refractivity contribution >= 4 is 35.7 Å². The van der Waals surface area contributed by atoms with Gasteiger partial charge in [0.1, 0.15) is 11.6 Å². The van der Waals surface area contributed by atoms with Crippen LogP contribution in [0.5, 0.6) is 5.75 Å². The average Bonchev–Trinajstić information content (AvgIpc) is 2.31. The van der Waals surface area contributed by atoms with E-state index in [1.165, 1.54) is 6.07 Å². The Morgan fingerprint density at radius 3 is 2.53 bits per heavy atom. The molecule has 0 bridgehead atoms. The number of ether oxygens (including phenoxy) is 1. The van der Waals surface area contributed by atoms with Crippen molar-refractivity contribution in [2.75, 3.05) is 12.4 Å². The second kappa shape index (κ2) is 8.07. The minimum absolute atomic E-state index is 0.00728. The van der Waals surface area contributed by atoms with E-state index >= 15 is 0 Å². The van der Waals surface area contributed by atoms with E-state index in [2.05, 4.69) is 15.9 Å². The van der Waals surface area contributed by atoms with E-state index in [0.717, 1.165) is 19.3 Å². The van der Waals surface area contributed by atoms with Crippen molar-refractivity contribution in [3.8, 4) is 5.75 Å². The van der Waals surface area contributed by atoms with Crippen LogP contribution in [0.3, 0.4) is 0 Å². The first kappa shape index (κ1) is 16.7. The van der Waals surface area contributed by atoms with Gasteiger partial charge >= 0.3 is 0 Å². The lowest BCUT2D eigenvalue weighted by Crippen LogP contribution is -2.00. The summed E-state index contributed by atoms with van der Waals surface area (Å²) in [5, 5.41) is 0. The molecule has 0 aliphatic carbocycles. The molecule has 0 saturated heterocycles. The molecule has 1 rings (SSSR count). The zero-order chi connectivity index (χ0) is 14.3. The van der Waals surface area contributed by atoms with Crippen molar-refractivity contribution in [2.45, 2.75) is 25.7 Å². The quantitative estimate of drug-likeness (QED) is 0.509. The lowest BCUT2D eigenvalue weighted by Gasteiger charge is -2.06. The maximum absolute atomic E-state index is 13.2. The summed E-state index contributed by atoms with van der Waals surface area (Å²) in [5.74, 6) is 0.140. The molecule has 0 heterocycles. The van der Waals surface area contributed by atoms with Crippen molar-refractivity contribution in [1.82, 2.24) is 0 Å². The van der Waals surface area contributed by atoms with Gasteiger partial charge in [-0.25, -0.2) is 12.8 Å². The molecule has 3 nitrogen and oxygen atoms in total. The minimum atomic E-state index is -3.37. The summed E-state index contributed by atoms with van der Waals surface area (Å²) in [6.45, 7) is 0.481. The van der Waals surface area contributed by atoms with Crippen LogP contribution in [0.25, 0.3) is 0 Å². The van der Waals surface area contributed by atoms with E-state index in [9.17, 15) is 12.8 Å². The molecule has 0 aliphatic heterocycles. The first-order valence-corrected chi connectivity index (χ1v) is 9.16. The van der Waals surface area contributed by atoms with Crippen LogP contribution in [-0.2, 0) is 9.05 Å². The largest absolute Gasteiger partial charge is 0.493 e. The first-order valence-electron chi connectivity index (χ1n) is 5.89. The zero-order valence-corrected chi connectivity index (χ0v) is 13.4. The van der Waals surface area contributed by atoms with Gasteiger partial charge < -0.3 is 4.74 Å². The van der Waals surface area contributed by atoms with Crippen LogP contribution >= 0.6 is 26.6 Å². The Balaban J connectivity index is 2.12. The fourth-order valence-electron chi connectivity index (χ4n) is 1.49. The average molecular weight is 374 g/mol. The maximum atomic E-state index is 13.2. The lowest BCUT2D eigenvalue weighted by molar-refractivity contribution is 0.303. The van der Waals surface area contributed by atoms with Gasteiger partial charge in [-0.05, 0) is 40.9 Å². The number of hydrogen-bond donors (Lipinski definition) is 0. The van der Waals surface area contributed by atoms with E-state index in [4.69, 9.17) is 15.4 Å². The molecule has 0 atom stereocenters. The Kier molecular flexibility index (Phi) is 7.10. The summed E-state index contributed by atoms with van der Waals surface area (Å²) in [6.07, 6.45) is 2.98. The summed E-state index contributed by atoms with van der Waals surface area (Å²) in [6, 6.07) is 4.60. The summed E-state index contributed by atoms with van der Waals surface area (Å²) < 4.78 is 40.3. The predicted molar refractivity (Wildman–Crippen MR) is 77.7 cm³/mol. The van der Waals surface area contributed by atoms with Crippen LogP contribution in [0.1, 0.15) is 25.7 Å². The van der Waals surface area contributed by atoms with Gasteiger partial charge in [-0.15, -0.1) is 0 Å². The highest BCUT2D eigenvalue weighted by molar-refractivity contribution is 9.10. The molecule has 1 aromatic carbocycles. The molecule has 0 unspecified atom stereocenters. The predicted octanol–water partition coefficient (Wildman–Crippen LogP) is 4.10. The van der Waals surface area contributed by atoms with Gasteiger partial charge in [0.05, 0.1) is 16.8 Å². The van der Waals surface area contributed by atoms with Gasteiger partial charge in [-0.2, -0.15) is 0 Å². The molecule has 0 aliphatic rings. The number of hydrogen-bond acceptors (Lipinski definition) is 3.